The number of nitrogens with zero attached hydrogens (tertiary/aromatic N) is 2. The third-order valence-corrected chi connectivity index (χ3v) is 2.38. The predicted octanol–water partition coefficient (Wildman–Crippen LogP) is 1.76. The first-order valence-corrected chi connectivity index (χ1v) is 4.88. The molecule has 0 spiro atoms. The zero-order valence-corrected chi connectivity index (χ0v) is 7.91. The van der Waals surface area contributed by atoms with Crippen molar-refractivity contribution in [2.24, 2.45) is 0 Å². The molecule has 0 aliphatic rings. The van der Waals surface area contributed by atoms with E-state index in [-0.39, 0.29) is 0 Å². The monoisotopic (exact) mass is 210 g/mol. The Bertz CT molecular complexity index is 419. The zero-order valence-electron chi connectivity index (χ0n) is 7.09. The molecular formula is C9H7FN2OS. The predicted molar refractivity (Wildman–Crippen MR) is 50.4 cm³/mol. The van der Waals surface area contributed by atoms with Crippen LogP contribution in [-0.2, 0) is 0 Å². The van der Waals surface area contributed by atoms with Crippen molar-refractivity contribution in [1.82, 2.24) is 9.97 Å². The largest absolute Gasteiger partial charge is 0.382 e. The Hall–Kier alpha value is -1.33. The summed E-state index contributed by atoms with van der Waals surface area (Å²) < 4.78 is 12.8. The van der Waals surface area contributed by atoms with Crippen LogP contribution in [-0.4, -0.2) is 15.1 Å². The van der Waals surface area contributed by atoms with Crippen LogP contribution in [0.15, 0.2) is 29.4 Å². The Balaban J connectivity index is 2.32. The van der Waals surface area contributed by atoms with Crippen molar-refractivity contribution in [1.29, 1.82) is 0 Å². The molecule has 72 valence electrons. The minimum atomic E-state index is -0.899. The van der Waals surface area contributed by atoms with Crippen LogP contribution in [0.1, 0.15) is 17.4 Å². The highest BCUT2D eigenvalue weighted by molar-refractivity contribution is 7.07. The van der Waals surface area contributed by atoms with Crippen LogP contribution in [0.4, 0.5) is 4.39 Å². The standard InChI is InChI=1S/C9H7FN2OS/c10-7-1-6(2-11-3-7)9(13)8-4-14-5-12-8/h1-5,9,13H. The van der Waals surface area contributed by atoms with Gasteiger partial charge in [0.25, 0.3) is 0 Å². The molecule has 2 aromatic rings. The van der Waals surface area contributed by atoms with Crippen molar-refractivity contribution < 1.29 is 9.50 Å². The lowest BCUT2D eigenvalue weighted by Gasteiger charge is -2.06. The van der Waals surface area contributed by atoms with E-state index in [1.807, 2.05) is 0 Å². The van der Waals surface area contributed by atoms with Gasteiger partial charge in [0.1, 0.15) is 11.9 Å². The van der Waals surface area contributed by atoms with Crippen molar-refractivity contribution in [2.45, 2.75) is 6.10 Å². The van der Waals surface area contributed by atoms with E-state index in [1.165, 1.54) is 23.6 Å². The average Bonchev–Trinajstić information content (AvgIpc) is 2.69. The molecule has 1 atom stereocenters. The highest BCUT2D eigenvalue weighted by Gasteiger charge is 2.12. The maximum Gasteiger partial charge on any atom is 0.141 e. The molecule has 5 heteroatoms. The number of aromatic nitrogens is 2. The van der Waals surface area contributed by atoms with Crippen LogP contribution in [0.2, 0.25) is 0 Å². The summed E-state index contributed by atoms with van der Waals surface area (Å²) in [7, 11) is 0. The summed E-state index contributed by atoms with van der Waals surface area (Å²) in [5.74, 6) is -0.461. The van der Waals surface area contributed by atoms with Gasteiger partial charge in [-0.2, -0.15) is 0 Å². The van der Waals surface area contributed by atoms with E-state index in [4.69, 9.17) is 0 Å². The highest BCUT2D eigenvalue weighted by atomic mass is 32.1. The average molecular weight is 210 g/mol. The second-order valence-corrected chi connectivity index (χ2v) is 3.47. The molecule has 14 heavy (non-hydrogen) atoms. The van der Waals surface area contributed by atoms with Gasteiger partial charge in [-0.25, -0.2) is 9.37 Å². The molecule has 2 rings (SSSR count). The number of rotatable bonds is 2. The maximum atomic E-state index is 12.8. The second kappa shape index (κ2) is 3.81. The number of hydrogen-bond acceptors (Lipinski definition) is 4. The zero-order chi connectivity index (χ0) is 9.97. The van der Waals surface area contributed by atoms with Crippen LogP contribution in [0.3, 0.4) is 0 Å². The summed E-state index contributed by atoms with van der Waals surface area (Å²) in [4.78, 5) is 7.60. The molecule has 0 fully saturated rings. The molecule has 0 aromatic carbocycles. The van der Waals surface area contributed by atoms with Crippen molar-refractivity contribution in [3.05, 3.63) is 46.4 Å². The summed E-state index contributed by atoms with van der Waals surface area (Å²) in [6.45, 7) is 0. The number of thiazole rings is 1. The first kappa shape index (κ1) is 9.23. The Morgan fingerprint density at radius 3 is 2.93 bits per heavy atom. The summed E-state index contributed by atoms with van der Waals surface area (Å²) in [6, 6.07) is 1.25. The minimum absolute atomic E-state index is 0.413. The smallest absolute Gasteiger partial charge is 0.141 e. The molecular weight excluding hydrogens is 203 g/mol. The van der Waals surface area contributed by atoms with Gasteiger partial charge in [-0.05, 0) is 6.07 Å². The lowest BCUT2D eigenvalue weighted by Crippen LogP contribution is -2.00. The first-order valence-electron chi connectivity index (χ1n) is 3.94. The number of hydrogen-bond donors (Lipinski definition) is 1. The van der Waals surface area contributed by atoms with Gasteiger partial charge in [0, 0.05) is 17.1 Å². The lowest BCUT2D eigenvalue weighted by atomic mass is 10.1. The van der Waals surface area contributed by atoms with E-state index >= 15 is 0 Å². The summed E-state index contributed by atoms with van der Waals surface area (Å²) in [5, 5.41) is 11.5. The van der Waals surface area contributed by atoms with Crippen LogP contribution in [0, 0.1) is 5.82 Å². The number of aliphatic hydroxyl groups excluding tert-OH is 1. The summed E-state index contributed by atoms with van der Waals surface area (Å²) in [6.07, 6.45) is 1.62. The minimum Gasteiger partial charge on any atom is -0.382 e. The third-order valence-electron chi connectivity index (χ3n) is 1.77. The molecule has 3 nitrogen and oxygen atoms in total. The van der Waals surface area contributed by atoms with E-state index in [2.05, 4.69) is 9.97 Å². The fourth-order valence-corrected chi connectivity index (χ4v) is 1.68. The number of aliphatic hydroxyl groups is 1. The second-order valence-electron chi connectivity index (χ2n) is 2.75. The molecule has 2 aromatic heterocycles. The van der Waals surface area contributed by atoms with Gasteiger partial charge in [-0.15, -0.1) is 11.3 Å². The van der Waals surface area contributed by atoms with E-state index in [9.17, 15) is 9.50 Å². The maximum absolute atomic E-state index is 12.8. The topological polar surface area (TPSA) is 46.0 Å². The van der Waals surface area contributed by atoms with Crippen molar-refractivity contribution in [3.8, 4) is 0 Å². The molecule has 2 heterocycles. The molecule has 0 saturated carbocycles. The van der Waals surface area contributed by atoms with Gasteiger partial charge >= 0.3 is 0 Å². The normalized spacial score (nSPS) is 12.7. The van der Waals surface area contributed by atoms with Crippen molar-refractivity contribution >= 4 is 11.3 Å². The molecule has 0 aliphatic carbocycles. The Kier molecular flexibility index (Phi) is 2.51. The Morgan fingerprint density at radius 2 is 2.29 bits per heavy atom. The van der Waals surface area contributed by atoms with E-state index in [0.717, 1.165) is 6.20 Å². The molecule has 1 N–H and O–H groups in total. The molecule has 0 bridgehead atoms. The van der Waals surface area contributed by atoms with Crippen molar-refractivity contribution in [3.63, 3.8) is 0 Å². The van der Waals surface area contributed by atoms with Gasteiger partial charge in [0.05, 0.1) is 17.4 Å². The first-order chi connectivity index (χ1) is 6.77. The molecule has 0 amide bonds. The van der Waals surface area contributed by atoms with Gasteiger partial charge in [-0.3, -0.25) is 4.98 Å². The SMILES string of the molecule is OC(c1cncc(F)c1)c1cscn1. The van der Waals surface area contributed by atoms with Gasteiger partial charge in [0.15, 0.2) is 0 Å². The Labute approximate surface area is 83.9 Å². The van der Waals surface area contributed by atoms with Gasteiger partial charge < -0.3 is 5.11 Å². The fourth-order valence-electron chi connectivity index (χ4n) is 1.11. The molecule has 1 unspecified atom stereocenters. The van der Waals surface area contributed by atoms with Crippen LogP contribution < -0.4 is 0 Å². The number of pyridine rings is 1. The quantitative estimate of drug-likeness (QED) is 0.821. The molecule has 0 radical (unpaired) electrons. The van der Waals surface area contributed by atoms with Crippen molar-refractivity contribution in [2.75, 3.05) is 0 Å². The summed E-state index contributed by atoms with van der Waals surface area (Å²) in [5.41, 5.74) is 2.55. The molecule has 0 saturated heterocycles. The van der Waals surface area contributed by atoms with Crippen LogP contribution in [0.25, 0.3) is 0 Å². The lowest BCUT2D eigenvalue weighted by molar-refractivity contribution is 0.215. The van der Waals surface area contributed by atoms with Crippen LogP contribution >= 0.6 is 11.3 Å². The molecule has 0 aliphatic heterocycles. The van der Waals surface area contributed by atoms with Crippen LogP contribution in [0.5, 0.6) is 0 Å². The Morgan fingerprint density at radius 1 is 1.43 bits per heavy atom. The fraction of sp³-hybridized carbons (Fsp3) is 0.111. The van der Waals surface area contributed by atoms with Gasteiger partial charge in [-0.1, -0.05) is 0 Å². The highest BCUT2D eigenvalue weighted by Crippen LogP contribution is 2.20. The van der Waals surface area contributed by atoms with E-state index in [1.54, 1.807) is 10.9 Å². The van der Waals surface area contributed by atoms with E-state index < -0.39 is 11.9 Å². The number of halogens is 1. The van der Waals surface area contributed by atoms with Gasteiger partial charge in [0.2, 0.25) is 0 Å². The summed E-state index contributed by atoms with van der Waals surface area (Å²) >= 11 is 1.38. The third kappa shape index (κ3) is 1.78. The van der Waals surface area contributed by atoms with E-state index in [0.29, 0.717) is 11.3 Å².